The third-order valence-electron chi connectivity index (χ3n) is 3.59. The number of piperazine rings is 1. The van der Waals surface area contributed by atoms with Crippen LogP contribution in [-0.4, -0.2) is 66.6 Å². The van der Waals surface area contributed by atoms with Gasteiger partial charge in [0.1, 0.15) is 18.2 Å². The van der Waals surface area contributed by atoms with Crippen LogP contribution in [0, 0.1) is 5.92 Å². The maximum Gasteiger partial charge on any atom is 0.246 e. The van der Waals surface area contributed by atoms with E-state index in [1.54, 1.807) is 0 Å². The molecule has 7 heteroatoms. The molecular formula is C12H20N2O5. The number of nitrogens with one attached hydrogen (secondary N) is 1. The van der Waals surface area contributed by atoms with E-state index in [4.69, 9.17) is 9.47 Å². The van der Waals surface area contributed by atoms with Gasteiger partial charge in [0.05, 0.1) is 13.2 Å². The number of hydrogen-bond acceptors (Lipinski definition) is 5. The van der Waals surface area contributed by atoms with Crippen LogP contribution in [0.25, 0.3) is 0 Å². The SMILES string of the molecule is CO[C@H]1CN2C(=O)[C@@H](C(C)C)NC(=O)[C@@H]2[C@H](CO)O1. The van der Waals surface area contributed by atoms with E-state index in [1.165, 1.54) is 12.0 Å². The summed E-state index contributed by atoms with van der Waals surface area (Å²) in [6.07, 6.45) is -1.37. The lowest BCUT2D eigenvalue weighted by atomic mass is 9.95. The Hall–Kier alpha value is -1.18. The molecule has 2 aliphatic rings. The molecular weight excluding hydrogens is 252 g/mol. The summed E-state index contributed by atoms with van der Waals surface area (Å²) >= 11 is 0. The van der Waals surface area contributed by atoms with Crippen molar-refractivity contribution < 1.29 is 24.2 Å². The molecule has 2 rings (SSSR count). The zero-order valence-corrected chi connectivity index (χ0v) is 11.3. The van der Waals surface area contributed by atoms with Gasteiger partial charge in [-0.3, -0.25) is 9.59 Å². The van der Waals surface area contributed by atoms with Crippen molar-refractivity contribution in [2.24, 2.45) is 5.92 Å². The molecule has 2 saturated heterocycles. The number of carbonyl (C=O) groups is 2. The van der Waals surface area contributed by atoms with E-state index >= 15 is 0 Å². The molecule has 7 nitrogen and oxygen atoms in total. The summed E-state index contributed by atoms with van der Waals surface area (Å²) < 4.78 is 10.5. The molecule has 4 atom stereocenters. The highest BCUT2D eigenvalue weighted by Crippen LogP contribution is 2.24. The number of rotatable bonds is 3. The first kappa shape index (κ1) is 14.2. The number of ether oxygens (including phenoxy) is 2. The van der Waals surface area contributed by atoms with Gasteiger partial charge in [0.25, 0.3) is 0 Å². The van der Waals surface area contributed by atoms with E-state index < -0.39 is 24.5 Å². The summed E-state index contributed by atoms with van der Waals surface area (Å²) in [7, 11) is 1.47. The zero-order valence-electron chi connectivity index (χ0n) is 11.3. The average Bonchev–Trinajstić information content (AvgIpc) is 2.40. The van der Waals surface area contributed by atoms with Crippen LogP contribution in [0.4, 0.5) is 0 Å². The van der Waals surface area contributed by atoms with Crippen LogP contribution in [-0.2, 0) is 19.1 Å². The highest BCUT2D eigenvalue weighted by atomic mass is 16.7. The van der Waals surface area contributed by atoms with Crippen LogP contribution in [0.5, 0.6) is 0 Å². The molecule has 0 bridgehead atoms. The van der Waals surface area contributed by atoms with Crippen LogP contribution >= 0.6 is 0 Å². The molecule has 0 aromatic rings. The predicted octanol–water partition coefficient (Wildman–Crippen LogP) is -1.30. The number of morpholine rings is 1. The van der Waals surface area contributed by atoms with Crippen molar-refractivity contribution in [2.45, 2.75) is 38.3 Å². The van der Waals surface area contributed by atoms with Crippen LogP contribution in [0.2, 0.25) is 0 Å². The Labute approximate surface area is 111 Å². The number of fused-ring (bicyclic) bond motifs is 1. The van der Waals surface area contributed by atoms with Crippen molar-refractivity contribution in [3.8, 4) is 0 Å². The Kier molecular flexibility index (Phi) is 4.07. The molecule has 108 valence electrons. The lowest BCUT2D eigenvalue weighted by molar-refractivity contribution is -0.228. The molecule has 0 spiro atoms. The minimum atomic E-state index is -0.779. The Bertz CT molecular complexity index is 373. The van der Waals surface area contributed by atoms with Gasteiger partial charge in [0, 0.05) is 7.11 Å². The second kappa shape index (κ2) is 5.44. The van der Waals surface area contributed by atoms with Gasteiger partial charge in [0.2, 0.25) is 11.8 Å². The molecule has 0 aliphatic carbocycles. The third-order valence-corrected chi connectivity index (χ3v) is 3.59. The van der Waals surface area contributed by atoms with Crippen LogP contribution in [0.3, 0.4) is 0 Å². The smallest absolute Gasteiger partial charge is 0.246 e. The van der Waals surface area contributed by atoms with Crippen LogP contribution < -0.4 is 5.32 Å². The maximum atomic E-state index is 12.4. The normalized spacial score (nSPS) is 35.3. The number of aliphatic hydroxyl groups is 1. The monoisotopic (exact) mass is 272 g/mol. The van der Waals surface area contributed by atoms with Crippen molar-refractivity contribution in [2.75, 3.05) is 20.3 Å². The van der Waals surface area contributed by atoms with Crippen molar-refractivity contribution in [1.29, 1.82) is 0 Å². The second-order valence-corrected chi connectivity index (χ2v) is 5.19. The molecule has 0 aromatic carbocycles. The van der Waals surface area contributed by atoms with E-state index in [2.05, 4.69) is 5.32 Å². The van der Waals surface area contributed by atoms with E-state index in [-0.39, 0.29) is 30.9 Å². The van der Waals surface area contributed by atoms with Crippen LogP contribution in [0.1, 0.15) is 13.8 Å². The van der Waals surface area contributed by atoms with Gasteiger partial charge in [-0.1, -0.05) is 13.8 Å². The molecule has 0 aromatic heterocycles. The zero-order chi connectivity index (χ0) is 14.2. The number of carbonyl (C=O) groups excluding carboxylic acids is 2. The number of aliphatic hydroxyl groups excluding tert-OH is 1. The highest BCUT2D eigenvalue weighted by Gasteiger charge is 2.49. The molecule has 0 unspecified atom stereocenters. The average molecular weight is 272 g/mol. The first-order chi connectivity index (χ1) is 8.99. The summed E-state index contributed by atoms with van der Waals surface area (Å²) in [5.74, 6) is -0.427. The van der Waals surface area contributed by atoms with Gasteiger partial charge in [-0.25, -0.2) is 0 Å². The summed E-state index contributed by atoms with van der Waals surface area (Å²) in [5.41, 5.74) is 0. The van der Waals surface area contributed by atoms with Gasteiger partial charge < -0.3 is 24.8 Å². The largest absolute Gasteiger partial charge is 0.394 e. The molecule has 2 fully saturated rings. The third kappa shape index (κ3) is 2.45. The number of methoxy groups -OCH3 is 1. The Morgan fingerprint density at radius 2 is 2.21 bits per heavy atom. The van der Waals surface area contributed by atoms with Crippen molar-refractivity contribution in [1.82, 2.24) is 10.2 Å². The topological polar surface area (TPSA) is 88.1 Å². The first-order valence-corrected chi connectivity index (χ1v) is 6.39. The summed E-state index contributed by atoms with van der Waals surface area (Å²) in [5, 5.41) is 12.0. The van der Waals surface area contributed by atoms with Crippen molar-refractivity contribution in [3.63, 3.8) is 0 Å². The molecule has 2 N–H and O–H groups in total. The highest BCUT2D eigenvalue weighted by molar-refractivity contribution is 5.97. The fourth-order valence-electron chi connectivity index (χ4n) is 2.53. The number of amides is 2. The van der Waals surface area contributed by atoms with E-state index in [0.717, 1.165) is 0 Å². The Balaban J connectivity index is 2.26. The molecule has 2 heterocycles. The summed E-state index contributed by atoms with van der Waals surface area (Å²) in [4.78, 5) is 26.0. The van der Waals surface area contributed by atoms with Gasteiger partial charge >= 0.3 is 0 Å². The van der Waals surface area contributed by atoms with Gasteiger partial charge in [-0.2, -0.15) is 0 Å². The maximum absolute atomic E-state index is 12.4. The lowest BCUT2D eigenvalue weighted by Gasteiger charge is -2.47. The second-order valence-electron chi connectivity index (χ2n) is 5.19. The van der Waals surface area contributed by atoms with Gasteiger partial charge in [-0.15, -0.1) is 0 Å². The van der Waals surface area contributed by atoms with Crippen molar-refractivity contribution in [3.05, 3.63) is 0 Å². The molecule has 0 radical (unpaired) electrons. The molecule has 19 heavy (non-hydrogen) atoms. The van der Waals surface area contributed by atoms with Gasteiger partial charge in [0.15, 0.2) is 6.29 Å². The summed E-state index contributed by atoms with van der Waals surface area (Å²) in [6.45, 7) is 3.61. The Morgan fingerprint density at radius 3 is 2.74 bits per heavy atom. The number of hydrogen-bond donors (Lipinski definition) is 2. The lowest BCUT2D eigenvalue weighted by Crippen LogP contribution is -2.72. The minimum Gasteiger partial charge on any atom is -0.394 e. The first-order valence-electron chi connectivity index (χ1n) is 6.39. The molecule has 0 saturated carbocycles. The van der Waals surface area contributed by atoms with E-state index in [1.807, 2.05) is 13.8 Å². The minimum absolute atomic E-state index is 0.00816. The van der Waals surface area contributed by atoms with Gasteiger partial charge in [-0.05, 0) is 5.92 Å². The predicted molar refractivity (Wildman–Crippen MR) is 65.0 cm³/mol. The molecule has 2 aliphatic heterocycles. The van der Waals surface area contributed by atoms with E-state index in [9.17, 15) is 14.7 Å². The molecule has 2 amide bonds. The Morgan fingerprint density at radius 1 is 1.53 bits per heavy atom. The fraction of sp³-hybridized carbons (Fsp3) is 0.833. The summed E-state index contributed by atoms with van der Waals surface area (Å²) in [6, 6.07) is -1.31. The van der Waals surface area contributed by atoms with E-state index in [0.29, 0.717) is 0 Å². The number of nitrogens with zero attached hydrogens (tertiary/aromatic N) is 1. The standard InChI is InChI=1S/C12H20N2O5/c1-6(2)9-12(17)14-4-8(18-3)19-7(5-15)10(14)11(16)13-9/h6-10,15H,4-5H2,1-3H3,(H,13,16)/t7-,8+,9+,10-/m0/s1. The fourth-order valence-corrected chi connectivity index (χ4v) is 2.53. The quantitative estimate of drug-likeness (QED) is 0.667. The van der Waals surface area contributed by atoms with Crippen molar-refractivity contribution >= 4 is 11.8 Å². The van der Waals surface area contributed by atoms with Crippen LogP contribution in [0.15, 0.2) is 0 Å².